The summed E-state index contributed by atoms with van der Waals surface area (Å²) in [5.74, 6) is 0.245. The SMILES string of the molecule is CCOC(=O)C(NCC(C)C)c1c[nH]c2ccccc12. The Morgan fingerprint density at radius 3 is 2.80 bits per heavy atom. The summed E-state index contributed by atoms with van der Waals surface area (Å²) in [5.41, 5.74) is 1.97. The van der Waals surface area contributed by atoms with Crippen LogP contribution in [0.2, 0.25) is 0 Å². The molecule has 4 heteroatoms. The third kappa shape index (κ3) is 3.20. The van der Waals surface area contributed by atoms with E-state index < -0.39 is 6.04 Å². The first-order valence-corrected chi connectivity index (χ1v) is 7.09. The molecule has 0 aliphatic rings. The molecule has 0 saturated heterocycles. The molecule has 2 N–H and O–H groups in total. The average molecular weight is 274 g/mol. The largest absolute Gasteiger partial charge is 0.465 e. The smallest absolute Gasteiger partial charge is 0.327 e. The fourth-order valence-electron chi connectivity index (χ4n) is 2.23. The van der Waals surface area contributed by atoms with Crippen molar-refractivity contribution >= 4 is 16.9 Å². The number of aromatic amines is 1. The first-order valence-electron chi connectivity index (χ1n) is 7.09. The summed E-state index contributed by atoms with van der Waals surface area (Å²) in [5, 5.41) is 4.36. The van der Waals surface area contributed by atoms with Gasteiger partial charge in [0, 0.05) is 22.7 Å². The quantitative estimate of drug-likeness (QED) is 0.796. The van der Waals surface area contributed by atoms with Crippen molar-refractivity contribution < 1.29 is 9.53 Å². The van der Waals surface area contributed by atoms with Crippen molar-refractivity contribution in [1.82, 2.24) is 10.3 Å². The van der Waals surface area contributed by atoms with E-state index in [9.17, 15) is 4.79 Å². The number of esters is 1. The maximum atomic E-state index is 12.2. The van der Waals surface area contributed by atoms with Gasteiger partial charge in [-0.05, 0) is 25.5 Å². The molecule has 2 rings (SSSR count). The molecular formula is C16H22N2O2. The molecule has 108 valence electrons. The second-order valence-electron chi connectivity index (χ2n) is 5.28. The summed E-state index contributed by atoms with van der Waals surface area (Å²) < 4.78 is 5.19. The van der Waals surface area contributed by atoms with Crippen LogP contribution in [0.3, 0.4) is 0 Å². The van der Waals surface area contributed by atoms with Crippen LogP contribution in [-0.2, 0) is 9.53 Å². The minimum Gasteiger partial charge on any atom is -0.465 e. The molecule has 0 aliphatic heterocycles. The minimum absolute atomic E-state index is 0.224. The van der Waals surface area contributed by atoms with Crippen molar-refractivity contribution in [2.75, 3.05) is 13.2 Å². The number of para-hydroxylation sites is 1. The number of fused-ring (bicyclic) bond motifs is 1. The molecule has 1 aromatic heterocycles. The van der Waals surface area contributed by atoms with E-state index in [0.717, 1.165) is 23.0 Å². The Labute approximate surface area is 119 Å². The lowest BCUT2D eigenvalue weighted by Crippen LogP contribution is -2.32. The van der Waals surface area contributed by atoms with E-state index in [-0.39, 0.29) is 5.97 Å². The Hall–Kier alpha value is -1.81. The molecule has 0 saturated carbocycles. The lowest BCUT2D eigenvalue weighted by atomic mass is 10.0. The van der Waals surface area contributed by atoms with Crippen LogP contribution in [0, 0.1) is 5.92 Å². The first-order chi connectivity index (χ1) is 9.63. The van der Waals surface area contributed by atoms with E-state index in [1.54, 1.807) is 0 Å². The second kappa shape index (κ2) is 6.57. The highest BCUT2D eigenvalue weighted by molar-refractivity contribution is 5.89. The lowest BCUT2D eigenvalue weighted by molar-refractivity contribution is -0.145. The average Bonchev–Trinajstić information content (AvgIpc) is 2.83. The molecule has 20 heavy (non-hydrogen) atoms. The summed E-state index contributed by atoms with van der Waals surface area (Å²) in [6.07, 6.45) is 1.89. The number of nitrogens with one attached hydrogen (secondary N) is 2. The number of H-pyrrole nitrogens is 1. The molecule has 0 amide bonds. The Bertz CT molecular complexity index is 575. The van der Waals surface area contributed by atoms with E-state index in [1.165, 1.54) is 0 Å². The number of carbonyl (C=O) groups is 1. The molecule has 1 heterocycles. The van der Waals surface area contributed by atoms with Gasteiger partial charge in [0.2, 0.25) is 0 Å². The highest BCUT2D eigenvalue weighted by Gasteiger charge is 2.24. The van der Waals surface area contributed by atoms with E-state index in [2.05, 4.69) is 24.1 Å². The zero-order valence-electron chi connectivity index (χ0n) is 12.3. The molecule has 0 bridgehead atoms. The third-order valence-electron chi connectivity index (χ3n) is 3.18. The van der Waals surface area contributed by atoms with E-state index >= 15 is 0 Å². The fourth-order valence-corrected chi connectivity index (χ4v) is 2.23. The van der Waals surface area contributed by atoms with Gasteiger partial charge in [-0.2, -0.15) is 0 Å². The van der Waals surface area contributed by atoms with Gasteiger partial charge in [0.25, 0.3) is 0 Å². The molecule has 1 aromatic carbocycles. The van der Waals surface area contributed by atoms with Gasteiger partial charge in [-0.3, -0.25) is 0 Å². The van der Waals surface area contributed by atoms with Crippen molar-refractivity contribution in [2.24, 2.45) is 5.92 Å². The Balaban J connectivity index is 2.31. The van der Waals surface area contributed by atoms with Crippen molar-refractivity contribution in [3.8, 4) is 0 Å². The number of carbonyl (C=O) groups excluding carboxylic acids is 1. The van der Waals surface area contributed by atoms with Crippen LogP contribution in [0.4, 0.5) is 0 Å². The van der Waals surface area contributed by atoms with Gasteiger partial charge in [-0.25, -0.2) is 4.79 Å². The Morgan fingerprint density at radius 2 is 2.10 bits per heavy atom. The van der Waals surface area contributed by atoms with Gasteiger partial charge in [0.1, 0.15) is 6.04 Å². The highest BCUT2D eigenvalue weighted by Crippen LogP contribution is 2.25. The van der Waals surface area contributed by atoms with Gasteiger partial charge in [-0.15, -0.1) is 0 Å². The number of benzene rings is 1. The number of aromatic nitrogens is 1. The fraction of sp³-hybridized carbons (Fsp3) is 0.438. The number of ether oxygens (including phenoxy) is 1. The molecule has 1 unspecified atom stereocenters. The standard InChI is InChI=1S/C16H22N2O2/c1-4-20-16(19)15(18-9-11(2)3)13-10-17-14-8-6-5-7-12(13)14/h5-8,10-11,15,17-18H,4,9H2,1-3H3. The van der Waals surface area contributed by atoms with Crippen molar-refractivity contribution in [3.63, 3.8) is 0 Å². The van der Waals surface area contributed by atoms with Crippen LogP contribution in [0.25, 0.3) is 10.9 Å². The van der Waals surface area contributed by atoms with Crippen molar-refractivity contribution in [2.45, 2.75) is 26.8 Å². The Kier molecular flexibility index (Phi) is 4.79. The van der Waals surface area contributed by atoms with Gasteiger partial charge in [0.05, 0.1) is 6.61 Å². The predicted molar refractivity (Wildman–Crippen MR) is 80.5 cm³/mol. The van der Waals surface area contributed by atoms with Crippen LogP contribution in [0.5, 0.6) is 0 Å². The zero-order valence-corrected chi connectivity index (χ0v) is 12.3. The molecule has 0 spiro atoms. The second-order valence-corrected chi connectivity index (χ2v) is 5.28. The maximum absolute atomic E-state index is 12.2. The summed E-state index contributed by atoms with van der Waals surface area (Å²) in [6.45, 7) is 7.21. The van der Waals surface area contributed by atoms with Crippen molar-refractivity contribution in [1.29, 1.82) is 0 Å². The summed E-state index contributed by atoms with van der Waals surface area (Å²) in [6, 6.07) is 7.55. The maximum Gasteiger partial charge on any atom is 0.327 e. The molecule has 0 aliphatic carbocycles. The van der Waals surface area contributed by atoms with E-state index in [0.29, 0.717) is 12.5 Å². The summed E-state index contributed by atoms with van der Waals surface area (Å²) in [7, 11) is 0. The topological polar surface area (TPSA) is 54.1 Å². The Morgan fingerprint density at radius 1 is 1.35 bits per heavy atom. The van der Waals surface area contributed by atoms with E-state index in [4.69, 9.17) is 4.74 Å². The monoisotopic (exact) mass is 274 g/mol. The van der Waals surface area contributed by atoms with Crippen molar-refractivity contribution in [3.05, 3.63) is 36.0 Å². The molecule has 0 radical (unpaired) electrons. The zero-order chi connectivity index (χ0) is 14.5. The van der Waals surface area contributed by atoms with Crippen LogP contribution in [0.15, 0.2) is 30.5 Å². The minimum atomic E-state index is -0.423. The number of hydrogen-bond donors (Lipinski definition) is 2. The molecule has 1 atom stereocenters. The molecule has 4 nitrogen and oxygen atoms in total. The molecule has 2 aromatic rings. The number of rotatable bonds is 6. The van der Waals surface area contributed by atoms with Crippen LogP contribution in [0.1, 0.15) is 32.4 Å². The summed E-state index contributed by atoms with van der Waals surface area (Å²) >= 11 is 0. The lowest BCUT2D eigenvalue weighted by Gasteiger charge is -2.18. The van der Waals surface area contributed by atoms with Gasteiger partial charge in [0.15, 0.2) is 0 Å². The van der Waals surface area contributed by atoms with Gasteiger partial charge >= 0.3 is 5.97 Å². The van der Waals surface area contributed by atoms with Crippen LogP contribution < -0.4 is 5.32 Å². The normalized spacial score (nSPS) is 12.8. The van der Waals surface area contributed by atoms with Crippen LogP contribution >= 0.6 is 0 Å². The molecular weight excluding hydrogens is 252 g/mol. The third-order valence-corrected chi connectivity index (χ3v) is 3.18. The van der Waals surface area contributed by atoms with Gasteiger partial charge in [-0.1, -0.05) is 32.0 Å². The molecule has 0 fully saturated rings. The van der Waals surface area contributed by atoms with E-state index in [1.807, 2.05) is 37.4 Å². The summed E-state index contributed by atoms with van der Waals surface area (Å²) in [4.78, 5) is 15.4. The van der Waals surface area contributed by atoms with Gasteiger partial charge < -0.3 is 15.0 Å². The number of hydrogen-bond acceptors (Lipinski definition) is 3. The van der Waals surface area contributed by atoms with Crippen LogP contribution in [-0.4, -0.2) is 24.1 Å². The first kappa shape index (κ1) is 14.6. The highest BCUT2D eigenvalue weighted by atomic mass is 16.5. The predicted octanol–water partition coefficient (Wildman–Crippen LogP) is 3.02.